The number of aromatic nitrogens is 2. The van der Waals surface area contributed by atoms with Crippen molar-refractivity contribution in [2.45, 2.75) is 32.0 Å². The summed E-state index contributed by atoms with van der Waals surface area (Å²) in [4.78, 5) is 22.4. The Labute approximate surface area is 169 Å². The number of carbonyl (C=O) groups excluding carboxylic acids is 1. The average Bonchev–Trinajstić information content (AvgIpc) is 3.07. The molecule has 0 saturated carbocycles. The van der Waals surface area contributed by atoms with Crippen LogP contribution >= 0.6 is 0 Å². The number of likely N-dealkylation sites (tertiary alicyclic amines) is 1. The number of rotatable bonds is 5. The molecule has 1 saturated heterocycles. The lowest BCUT2D eigenvalue weighted by Gasteiger charge is -2.36. The monoisotopic (exact) mass is 394 g/mol. The molecule has 152 valence electrons. The van der Waals surface area contributed by atoms with Crippen molar-refractivity contribution in [3.05, 3.63) is 59.5 Å². The van der Waals surface area contributed by atoms with Gasteiger partial charge in [0.05, 0.1) is 19.3 Å². The van der Waals surface area contributed by atoms with Gasteiger partial charge in [0.1, 0.15) is 11.4 Å². The van der Waals surface area contributed by atoms with Gasteiger partial charge in [-0.15, -0.1) is 0 Å². The molecular formula is C22H26N4O3. The molecule has 1 aliphatic rings. The first-order valence-corrected chi connectivity index (χ1v) is 9.81. The van der Waals surface area contributed by atoms with Gasteiger partial charge >= 0.3 is 0 Å². The number of aliphatic hydroxyl groups excluding tert-OH is 1. The zero-order valence-corrected chi connectivity index (χ0v) is 16.7. The van der Waals surface area contributed by atoms with Crippen LogP contribution in [0.2, 0.25) is 0 Å². The summed E-state index contributed by atoms with van der Waals surface area (Å²) in [5.41, 5.74) is 3.41. The standard InChI is InChI=1S/C22H26N4O3/c1-14-17-10-16(29-2)5-6-18(17)24-21(14)22(28)25-19-7-9-26(13-20(19)27)12-15-4-3-8-23-11-15/h3-6,8,10-11,19-20,24,27H,7,9,12-13H2,1-2H3,(H,25,28)/t19-,20-/m1/s1. The minimum atomic E-state index is -0.617. The van der Waals surface area contributed by atoms with Crippen LogP contribution in [0.1, 0.15) is 28.0 Å². The zero-order valence-electron chi connectivity index (χ0n) is 16.7. The maximum absolute atomic E-state index is 12.9. The number of ether oxygens (including phenoxy) is 1. The molecular weight excluding hydrogens is 368 g/mol. The van der Waals surface area contributed by atoms with Crippen LogP contribution in [0.5, 0.6) is 5.75 Å². The number of amides is 1. The van der Waals surface area contributed by atoms with Gasteiger partial charge in [-0.05, 0) is 48.7 Å². The number of aliphatic hydroxyl groups is 1. The Kier molecular flexibility index (Phi) is 5.51. The highest BCUT2D eigenvalue weighted by Gasteiger charge is 2.30. The minimum Gasteiger partial charge on any atom is -0.497 e. The summed E-state index contributed by atoms with van der Waals surface area (Å²) in [5, 5.41) is 14.6. The van der Waals surface area contributed by atoms with Gasteiger partial charge in [-0.2, -0.15) is 0 Å². The topological polar surface area (TPSA) is 90.5 Å². The number of H-pyrrole nitrogens is 1. The van der Waals surface area contributed by atoms with Gasteiger partial charge in [0.15, 0.2) is 0 Å². The molecule has 0 bridgehead atoms. The number of pyridine rings is 1. The molecule has 3 heterocycles. The quantitative estimate of drug-likeness (QED) is 0.618. The highest BCUT2D eigenvalue weighted by Crippen LogP contribution is 2.26. The molecule has 1 fully saturated rings. The number of aryl methyl sites for hydroxylation is 1. The van der Waals surface area contributed by atoms with E-state index in [9.17, 15) is 9.90 Å². The summed E-state index contributed by atoms with van der Waals surface area (Å²) in [7, 11) is 1.62. The number of hydrogen-bond donors (Lipinski definition) is 3. The van der Waals surface area contributed by atoms with Crippen LogP contribution < -0.4 is 10.1 Å². The SMILES string of the molecule is COc1ccc2[nH]c(C(=O)N[C@@H]3CCN(Cc4cccnc4)C[C@H]3O)c(C)c2c1. The number of hydrogen-bond acceptors (Lipinski definition) is 5. The molecule has 1 aromatic carbocycles. The molecule has 3 N–H and O–H groups in total. The third-order valence-electron chi connectivity index (χ3n) is 5.60. The number of aromatic amines is 1. The highest BCUT2D eigenvalue weighted by atomic mass is 16.5. The maximum Gasteiger partial charge on any atom is 0.268 e. The number of methoxy groups -OCH3 is 1. The molecule has 2 aromatic heterocycles. The Morgan fingerprint density at radius 3 is 3.00 bits per heavy atom. The molecule has 0 unspecified atom stereocenters. The fourth-order valence-electron chi connectivity index (χ4n) is 3.96. The van der Waals surface area contributed by atoms with Gasteiger partial charge in [-0.1, -0.05) is 6.07 Å². The van der Waals surface area contributed by atoms with E-state index in [4.69, 9.17) is 4.74 Å². The molecule has 7 heteroatoms. The summed E-state index contributed by atoms with van der Waals surface area (Å²) in [5.74, 6) is 0.561. The van der Waals surface area contributed by atoms with E-state index in [0.717, 1.165) is 40.9 Å². The van der Waals surface area contributed by atoms with Crippen molar-refractivity contribution in [3.8, 4) is 5.75 Å². The molecule has 0 spiro atoms. The van der Waals surface area contributed by atoms with E-state index >= 15 is 0 Å². The van der Waals surface area contributed by atoms with E-state index in [1.165, 1.54) is 0 Å². The third-order valence-corrected chi connectivity index (χ3v) is 5.60. The van der Waals surface area contributed by atoms with Crippen LogP contribution in [0.15, 0.2) is 42.7 Å². The van der Waals surface area contributed by atoms with E-state index in [0.29, 0.717) is 18.7 Å². The van der Waals surface area contributed by atoms with Crippen LogP contribution in [-0.2, 0) is 6.54 Å². The predicted octanol–water partition coefficient (Wildman–Crippen LogP) is 2.25. The third kappa shape index (κ3) is 4.11. The predicted molar refractivity (Wildman–Crippen MR) is 111 cm³/mol. The minimum absolute atomic E-state index is 0.192. The molecule has 29 heavy (non-hydrogen) atoms. The van der Waals surface area contributed by atoms with Crippen LogP contribution in [0.25, 0.3) is 10.9 Å². The van der Waals surface area contributed by atoms with Crippen molar-refractivity contribution in [2.75, 3.05) is 20.2 Å². The van der Waals surface area contributed by atoms with Gasteiger partial charge in [-0.25, -0.2) is 0 Å². The maximum atomic E-state index is 12.9. The van der Waals surface area contributed by atoms with E-state index in [2.05, 4.69) is 20.2 Å². The lowest BCUT2D eigenvalue weighted by Crippen LogP contribution is -2.53. The normalized spacial score (nSPS) is 20.0. The van der Waals surface area contributed by atoms with Gasteiger partial charge in [0, 0.05) is 42.9 Å². The Morgan fingerprint density at radius 1 is 1.41 bits per heavy atom. The molecule has 0 radical (unpaired) electrons. The van der Waals surface area contributed by atoms with E-state index in [1.54, 1.807) is 13.3 Å². The highest BCUT2D eigenvalue weighted by molar-refractivity contribution is 6.01. The summed E-state index contributed by atoms with van der Waals surface area (Å²) in [6.45, 7) is 3.98. The number of nitrogens with one attached hydrogen (secondary N) is 2. The van der Waals surface area contributed by atoms with Gasteiger partial charge in [-0.3, -0.25) is 14.7 Å². The second kappa shape index (κ2) is 8.23. The van der Waals surface area contributed by atoms with Crippen molar-refractivity contribution in [2.24, 2.45) is 0 Å². The van der Waals surface area contributed by atoms with Crippen molar-refractivity contribution < 1.29 is 14.6 Å². The van der Waals surface area contributed by atoms with E-state index in [1.807, 2.05) is 43.5 Å². The van der Waals surface area contributed by atoms with Crippen LogP contribution in [0.3, 0.4) is 0 Å². The first kappa shape index (κ1) is 19.4. The molecule has 7 nitrogen and oxygen atoms in total. The van der Waals surface area contributed by atoms with Gasteiger partial charge < -0.3 is 20.1 Å². The Balaban J connectivity index is 1.41. The summed E-state index contributed by atoms with van der Waals surface area (Å²) in [6, 6.07) is 9.36. The van der Waals surface area contributed by atoms with Crippen molar-refractivity contribution >= 4 is 16.8 Å². The summed E-state index contributed by atoms with van der Waals surface area (Å²) in [6.07, 6.45) is 3.67. The lowest BCUT2D eigenvalue weighted by molar-refractivity contribution is 0.0348. The van der Waals surface area contributed by atoms with E-state index < -0.39 is 6.10 Å². The fraction of sp³-hybridized carbons (Fsp3) is 0.364. The molecule has 0 aliphatic carbocycles. The Hall–Kier alpha value is -2.90. The van der Waals surface area contributed by atoms with Crippen molar-refractivity contribution in [1.29, 1.82) is 0 Å². The zero-order chi connectivity index (χ0) is 20.4. The van der Waals surface area contributed by atoms with E-state index in [-0.39, 0.29) is 11.9 Å². The fourth-order valence-corrected chi connectivity index (χ4v) is 3.96. The van der Waals surface area contributed by atoms with Crippen LogP contribution in [-0.4, -0.2) is 58.2 Å². The largest absolute Gasteiger partial charge is 0.497 e. The van der Waals surface area contributed by atoms with Crippen molar-refractivity contribution in [1.82, 2.24) is 20.2 Å². The Morgan fingerprint density at radius 2 is 2.28 bits per heavy atom. The average molecular weight is 394 g/mol. The number of benzene rings is 1. The number of β-amino-alcohol motifs (C(OH)–C–C–N with tert-alkyl or cyclic N) is 1. The smallest absolute Gasteiger partial charge is 0.268 e. The number of fused-ring (bicyclic) bond motifs is 1. The molecule has 3 aromatic rings. The number of nitrogens with zero attached hydrogens (tertiary/aromatic N) is 2. The Bertz CT molecular complexity index is 1000. The van der Waals surface area contributed by atoms with Gasteiger partial charge in [0.25, 0.3) is 5.91 Å². The first-order valence-electron chi connectivity index (χ1n) is 9.81. The second-order valence-corrected chi connectivity index (χ2v) is 7.57. The first-order chi connectivity index (χ1) is 14.0. The molecule has 1 amide bonds. The van der Waals surface area contributed by atoms with Crippen LogP contribution in [0.4, 0.5) is 0 Å². The van der Waals surface area contributed by atoms with Crippen LogP contribution in [0, 0.1) is 6.92 Å². The molecule has 1 aliphatic heterocycles. The summed E-state index contributed by atoms with van der Waals surface area (Å²) >= 11 is 0. The van der Waals surface area contributed by atoms with Gasteiger partial charge in [0.2, 0.25) is 0 Å². The van der Waals surface area contributed by atoms with Crippen molar-refractivity contribution in [3.63, 3.8) is 0 Å². The molecule has 2 atom stereocenters. The number of carbonyl (C=O) groups is 1. The lowest BCUT2D eigenvalue weighted by atomic mass is 10.0. The summed E-state index contributed by atoms with van der Waals surface area (Å²) < 4.78 is 5.28. The number of piperidine rings is 1. The second-order valence-electron chi connectivity index (χ2n) is 7.57. The molecule has 4 rings (SSSR count).